The van der Waals surface area contributed by atoms with Crippen molar-refractivity contribution in [1.29, 1.82) is 0 Å². The minimum Gasteiger partial charge on any atom is -0.484 e. The third-order valence-corrected chi connectivity index (χ3v) is 4.46. The van der Waals surface area contributed by atoms with Gasteiger partial charge in [0.05, 0.1) is 13.5 Å². The first-order valence-electron chi connectivity index (χ1n) is 8.23. The standard InChI is InChI=1S/C18H23NO4/c1-22-17(21)10-12-2-8-15(9-3-12)23-11-16(20)19-18(13-4-5-13)14-6-7-14/h2-3,8-9,13-14,18H,4-7,10-11H2,1H3,(H,19,20). The van der Waals surface area contributed by atoms with E-state index in [1.165, 1.54) is 32.8 Å². The summed E-state index contributed by atoms with van der Waals surface area (Å²) in [5, 5.41) is 3.13. The van der Waals surface area contributed by atoms with Crippen molar-refractivity contribution in [2.45, 2.75) is 38.1 Å². The van der Waals surface area contributed by atoms with E-state index in [0.29, 0.717) is 23.6 Å². The van der Waals surface area contributed by atoms with E-state index >= 15 is 0 Å². The Labute approximate surface area is 136 Å². The van der Waals surface area contributed by atoms with Gasteiger partial charge >= 0.3 is 5.97 Å². The molecule has 1 N–H and O–H groups in total. The van der Waals surface area contributed by atoms with Crippen molar-refractivity contribution in [3.63, 3.8) is 0 Å². The predicted octanol–water partition coefficient (Wildman–Crippen LogP) is 2.09. The highest BCUT2D eigenvalue weighted by molar-refractivity contribution is 5.78. The van der Waals surface area contributed by atoms with Crippen LogP contribution in [0.25, 0.3) is 0 Å². The van der Waals surface area contributed by atoms with E-state index < -0.39 is 0 Å². The maximum atomic E-state index is 12.0. The Kier molecular flexibility index (Phi) is 4.84. The lowest BCUT2D eigenvalue weighted by atomic mass is 10.1. The number of benzene rings is 1. The average molecular weight is 317 g/mol. The number of hydrogen-bond acceptors (Lipinski definition) is 4. The summed E-state index contributed by atoms with van der Waals surface area (Å²) in [6, 6.07) is 7.51. The highest BCUT2D eigenvalue weighted by Crippen LogP contribution is 2.44. The number of methoxy groups -OCH3 is 1. The van der Waals surface area contributed by atoms with Crippen molar-refractivity contribution in [3.8, 4) is 5.75 Å². The fraction of sp³-hybridized carbons (Fsp3) is 0.556. The molecule has 0 aromatic heterocycles. The molecule has 23 heavy (non-hydrogen) atoms. The maximum Gasteiger partial charge on any atom is 0.309 e. The number of esters is 1. The summed E-state index contributed by atoms with van der Waals surface area (Å²) >= 11 is 0. The monoisotopic (exact) mass is 317 g/mol. The second-order valence-corrected chi connectivity index (χ2v) is 6.45. The summed E-state index contributed by atoms with van der Waals surface area (Å²) in [6.07, 6.45) is 5.20. The molecule has 5 heteroatoms. The smallest absolute Gasteiger partial charge is 0.309 e. The zero-order valence-corrected chi connectivity index (χ0v) is 13.4. The van der Waals surface area contributed by atoms with Gasteiger partial charge in [-0.15, -0.1) is 0 Å². The molecule has 0 unspecified atom stereocenters. The molecule has 2 saturated carbocycles. The lowest BCUT2D eigenvalue weighted by Gasteiger charge is -2.17. The maximum absolute atomic E-state index is 12.0. The summed E-state index contributed by atoms with van der Waals surface area (Å²) in [5.74, 6) is 1.67. The predicted molar refractivity (Wildman–Crippen MR) is 85.0 cm³/mol. The van der Waals surface area contributed by atoms with Gasteiger partial charge in [0.25, 0.3) is 5.91 Å². The lowest BCUT2D eigenvalue weighted by Crippen LogP contribution is -2.40. The zero-order valence-electron chi connectivity index (χ0n) is 13.4. The van der Waals surface area contributed by atoms with Crippen molar-refractivity contribution < 1.29 is 19.1 Å². The van der Waals surface area contributed by atoms with Crippen molar-refractivity contribution in [1.82, 2.24) is 5.32 Å². The van der Waals surface area contributed by atoms with Gasteiger partial charge < -0.3 is 14.8 Å². The Hall–Kier alpha value is -2.04. The van der Waals surface area contributed by atoms with E-state index in [0.717, 1.165) is 5.56 Å². The van der Waals surface area contributed by atoms with E-state index in [-0.39, 0.29) is 24.9 Å². The van der Waals surface area contributed by atoms with Gasteiger partial charge in [0.2, 0.25) is 0 Å². The first kappa shape index (κ1) is 15.8. The molecule has 0 aliphatic heterocycles. The SMILES string of the molecule is COC(=O)Cc1ccc(OCC(=O)NC(C2CC2)C2CC2)cc1. The van der Waals surface area contributed by atoms with Crippen LogP contribution < -0.4 is 10.1 Å². The molecule has 1 aromatic rings. The normalized spacial score (nSPS) is 17.0. The molecule has 0 saturated heterocycles. The Balaban J connectivity index is 1.44. The van der Waals surface area contributed by atoms with Crippen molar-refractivity contribution in [2.24, 2.45) is 11.8 Å². The minimum absolute atomic E-state index is 0.0340. The van der Waals surface area contributed by atoms with Gasteiger partial charge in [0.15, 0.2) is 6.61 Å². The zero-order chi connectivity index (χ0) is 16.2. The minimum atomic E-state index is -0.274. The second kappa shape index (κ2) is 7.02. The summed E-state index contributed by atoms with van der Waals surface area (Å²) in [5.41, 5.74) is 0.858. The Morgan fingerprint density at radius 3 is 2.26 bits per heavy atom. The molecule has 1 amide bonds. The molecule has 0 bridgehead atoms. The molecule has 2 aliphatic rings. The van der Waals surface area contributed by atoms with Crippen LogP contribution >= 0.6 is 0 Å². The fourth-order valence-electron chi connectivity index (χ4n) is 2.85. The number of hydrogen-bond donors (Lipinski definition) is 1. The summed E-state index contributed by atoms with van der Waals surface area (Å²) < 4.78 is 10.2. The van der Waals surface area contributed by atoms with Gasteiger partial charge in [-0.1, -0.05) is 12.1 Å². The third kappa shape index (κ3) is 4.71. The van der Waals surface area contributed by atoms with Gasteiger partial charge in [-0.2, -0.15) is 0 Å². The van der Waals surface area contributed by atoms with E-state index in [1.807, 2.05) is 0 Å². The van der Waals surface area contributed by atoms with Crippen LogP contribution in [-0.2, 0) is 20.7 Å². The number of amides is 1. The van der Waals surface area contributed by atoms with E-state index in [2.05, 4.69) is 10.1 Å². The van der Waals surface area contributed by atoms with Crippen LogP contribution in [0.1, 0.15) is 31.2 Å². The Bertz CT molecular complexity index is 549. The molecule has 0 radical (unpaired) electrons. The molecule has 2 fully saturated rings. The number of nitrogens with one attached hydrogen (secondary N) is 1. The highest BCUT2D eigenvalue weighted by atomic mass is 16.5. The first-order valence-corrected chi connectivity index (χ1v) is 8.23. The summed E-state index contributed by atoms with van der Waals surface area (Å²) in [6.45, 7) is 0.0340. The molecule has 124 valence electrons. The Morgan fingerprint density at radius 1 is 1.13 bits per heavy atom. The second-order valence-electron chi connectivity index (χ2n) is 6.45. The lowest BCUT2D eigenvalue weighted by molar-refractivity contribution is -0.139. The van der Waals surface area contributed by atoms with Gasteiger partial charge in [0.1, 0.15) is 5.75 Å². The van der Waals surface area contributed by atoms with Gasteiger partial charge in [-0.25, -0.2) is 0 Å². The number of rotatable bonds is 8. The topological polar surface area (TPSA) is 64.6 Å². The first-order chi connectivity index (χ1) is 11.2. The molecule has 3 rings (SSSR count). The van der Waals surface area contributed by atoms with E-state index in [1.54, 1.807) is 24.3 Å². The van der Waals surface area contributed by atoms with Crippen LogP contribution in [0.2, 0.25) is 0 Å². The van der Waals surface area contributed by atoms with Crippen LogP contribution in [-0.4, -0.2) is 31.6 Å². The van der Waals surface area contributed by atoms with Crippen LogP contribution in [0.3, 0.4) is 0 Å². The number of carbonyl (C=O) groups is 2. The van der Waals surface area contributed by atoms with Crippen LogP contribution in [0.4, 0.5) is 0 Å². The van der Waals surface area contributed by atoms with Gasteiger partial charge in [0, 0.05) is 6.04 Å². The molecule has 2 aliphatic carbocycles. The largest absolute Gasteiger partial charge is 0.484 e. The summed E-state index contributed by atoms with van der Waals surface area (Å²) in [4.78, 5) is 23.2. The van der Waals surface area contributed by atoms with Crippen molar-refractivity contribution in [2.75, 3.05) is 13.7 Å². The number of carbonyl (C=O) groups excluding carboxylic acids is 2. The molecule has 5 nitrogen and oxygen atoms in total. The molecular weight excluding hydrogens is 294 g/mol. The summed E-state index contributed by atoms with van der Waals surface area (Å²) in [7, 11) is 1.37. The average Bonchev–Trinajstić information content (AvgIpc) is 3.45. The molecule has 1 aromatic carbocycles. The van der Waals surface area contributed by atoms with E-state index in [9.17, 15) is 9.59 Å². The fourth-order valence-corrected chi connectivity index (χ4v) is 2.85. The van der Waals surface area contributed by atoms with Crippen LogP contribution in [0.15, 0.2) is 24.3 Å². The molecule has 0 atom stereocenters. The van der Waals surface area contributed by atoms with Crippen LogP contribution in [0, 0.1) is 11.8 Å². The van der Waals surface area contributed by atoms with Crippen molar-refractivity contribution in [3.05, 3.63) is 29.8 Å². The molecule has 0 heterocycles. The molecule has 0 spiro atoms. The quantitative estimate of drug-likeness (QED) is 0.746. The molecular formula is C18H23NO4. The third-order valence-electron chi connectivity index (χ3n) is 4.46. The number of ether oxygens (including phenoxy) is 2. The van der Waals surface area contributed by atoms with Crippen LogP contribution in [0.5, 0.6) is 5.75 Å². The van der Waals surface area contributed by atoms with Gasteiger partial charge in [-0.3, -0.25) is 9.59 Å². The van der Waals surface area contributed by atoms with Gasteiger partial charge in [-0.05, 0) is 55.2 Å². The van der Waals surface area contributed by atoms with E-state index in [4.69, 9.17) is 4.74 Å². The van der Waals surface area contributed by atoms with Crippen molar-refractivity contribution >= 4 is 11.9 Å². The Morgan fingerprint density at radius 2 is 1.74 bits per heavy atom. The highest BCUT2D eigenvalue weighted by Gasteiger charge is 2.42.